The highest BCUT2D eigenvalue weighted by molar-refractivity contribution is 5.56. The van der Waals surface area contributed by atoms with E-state index in [-0.39, 0.29) is 0 Å². The first-order chi connectivity index (χ1) is 8.34. The molecule has 1 N–H and O–H groups in total. The molecular weight excluding hydrogens is 208 g/mol. The number of para-hydroxylation sites is 1. The SMILES string of the molecule is CC1CCc2ccccc2N1CC1CCNC1. The Morgan fingerprint density at radius 3 is 3.00 bits per heavy atom. The third-order valence-corrected chi connectivity index (χ3v) is 4.28. The molecule has 1 fully saturated rings. The van der Waals surface area contributed by atoms with Crippen LogP contribution in [-0.2, 0) is 6.42 Å². The highest BCUT2D eigenvalue weighted by Crippen LogP contribution is 2.31. The molecule has 2 aliphatic rings. The van der Waals surface area contributed by atoms with Gasteiger partial charge in [-0.1, -0.05) is 18.2 Å². The average Bonchev–Trinajstić information content (AvgIpc) is 2.86. The second-order valence-electron chi connectivity index (χ2n) is 5.53. The van der Waals surface area contributed by atoms with Crippen molar-refractivity contribution in [3.05, 3.63) is 29.8 Å². The van der Waals surface area contributed by atoms with Gasteiger partial charge in [-0.05, 0) is 56.8 Å². The highest BCUT2D eigenvalue weighted by atomic mass is 15.2. The zero-order valence-electron chi connectivity index (χ0n) is 10.7. The molecule has 0 bridgehead atoms. The van der Waals surface area contributed by atoms with Gasteiger partial charge in [0.1, 0.15) is 0 Å². The van der Waals surface area contributed by atoms with E-state index in [9.17, 15) is 0 Å². The number of aryl methyl sites for hydroxylation is 1. The summed E-state index contributed by atoms with van der Waals surface area (Å²) in [5.41, 5.74) is 3.02. The first kappa shape index (κ1) is 11.1. The number of benzene rings is 1. The molecule has 2 atom stereocenters. The molecule has 1 aromatic carbocycles. The molecule has 0 aromatic heterocycles. The first-order valence-electron chi connectivity index (χ1n) is 6.90. The van der Waals surface area contributed by atoms with Gasteiger partial charge in [0, 0.05) is 18.3 Å². The Balaban J connectivity index is 1.81. The van der Waals surface area contributed by atoms with Gasteiger partial charge >= 0.3 is 0 Å². The van der Waals surface area contributed by atoms with Crippen molar-refractivity contribution in [2.45, 2.75) is 32.2 Å². The lowest BCUT2D eigenvalue weighted by Gasteiger charge is -2.38. The van der Waals surface area contributed by atoms with Gasteiger partial charge in [0.2, 0.25) is 0 Å². The molecule has 0 radical (unpaired) electrons. The van der Waals surface area contributed by atoms with Crippen LogP contribution in [0.3, 0.4) is 0 Å². The maximum Gasteiger partial charge on any atom is 0.0401 e. The van der Waals surface area contributed by atoms with E-state index < -0.39 is 0 Å². The van der Waals surface area contributed by atoms with Crippen molar-refractivity contribution in [2.24, 2.45) is 5.92 Å². The number of nitrogens with zero attached hydrogens (tertiary/aromatic N) is 1. The zero-order chi connectivity index (χ0) is 11.7. The molecule has 92 valence electrons. The predicted molar refractivity (Wildman–Crippen MR) is 72.5 cm³/mol. The van der Waals surface area contributed by atoms with Crippen LogP contribution in [0.4, 0.5) is 5.69 Å². The highest BCUT2D eigenvalue weighted by Gasteiger charge is 2.26. The molecule has 1 aromatic rings. The monoisotopic (exact) mass is 230 g/mol. The molecule has 2 heterocycles. The second kappa shape index (κ2) is 4.69. The quantitative estimate of drug-likeness (QED) is 0.839. The fourth-order valence-corrected chi connectivity index (χ4v) is 3.19. The predicted octanol–water partition coefficient (Wildman–Crippen LogP) is 2.44. The number of hydrogen-bond acceptors (Lipinski definition) is 2. The fourth-order valence-electron chi connectivity index (χ4n) is 3.19. The topological polar surface area (TPSA) is 15.3 Å². The molecule has 2 nitrogen and oxygen atoms in total. The van der Waals surface area contributed by atoms with Crippen LogP contribution in [0.15, 0.2) is 24.3 Å². The number of rotatable bonds is 2. The third-order valence-electron chi connectivity index (χ3n) is 4.28. The van der Waals surface area contributed by atoms with Crippen molar-refractivity contribution < 1.29 is 0 Å². The molecule has 0 amide bonds. The smallest absolute Gasteiger partial charge is 0.0401 e. The van der Waals surface area contributed by atoms with Crippen LogP contribution in [0, 0.1) is 5.92 Å². The lowest BCUT2D eigenvalue weighted by atomic mass is 9.95. The molecule has 2 unspecified atom stereocenters. The van der Waals surface area contributed by atoms with E-state index in [2.05, 4.69) is 41.4 Å². The second-order valence-corrected chi connectivity index (χ2v) is 5.53. The van der Waals surface area contributed by atoms with Crippen LogP contribution in [0.5, 0.6) is 0 Å². The standard InChI is InChI=1S/C15H22N2/c1-12-6-7-14-4-2-3-5-15(14)17(12)11-13-8-9-16-10-13/h2-5,12-13,16H,6-11H2,1H3. The van der Waals surface area contributed by atoms with Gasteiger partial charge in [0.25, 0.3) is 0 Å². The maximum absolute atomic E-state index is 3.47. The van der Waals surface area contributed by atoms with Crippen molar-refractivity contribution in [3.63, 3.8) is 0 Å². The summed E-state index contributed by atoms with van der Waals surface area (Å²) in [6.45, 7) is 6.00. The Kier molecular flexibility index (Phi) is 3.06. The van der Waals surface area contributed by atoms with E-state index in [1.54, 1.807) is 0 Å². The summed E-state index contributed by atoms with van der Waals surface area (Å²) in [4.78, 5) is 2.64. The minimum Gasteiger partial charge on any atom is -0.368 e. The number of hydrogen-bond donors (Lipinski definition) is 1. The molecule has 17 heavy (non-hydrogen) atoms. The number of anilines is 1. The average molecular weight is 230 g/mol. The van der Waals surface area contributed by atoms with Crippen LogP contribution >= 0.6 is 0 Å². The van der Waals surface area contributed by atoms with Gasteiger partial charge in [-0.2, -0.15) is 0 Å². The van der Waals surface area contributed by atoms with Crippen molar-refractivity contribution in [2.75, 3.05) is 24.5 Å². The van der Waals surface area contributed by atoms with Crippen molar-refractivity contribution in [1.29, 1.82) is 0 Å². The van der Waals surface area contributed by atoms with E-state index in [0.717, 1.165) is 5.92 Å². The first-order valence-corrected chi connectivity index (χ1v) is 6.90. The van der Waals surface area contributed by atoms with E-state index in [4.69, 9.17) is 0 Å². The molecule has 2 aliphatic heterocycles. The minimum absolute atomic E-state index is 0.700. The summed E-state index contributed by atoms with van der Waals surface area (Å²) in [7, 11) is 0. The Morgan fingerprint density at radius 1 is 1.29 bits per heavy atom. The largest absolute Gasteiger partial charge is 0.368 e. The van der Waals surface area contributed by atoms with E-state index >= 15 is 0 Å². The molecule has 3 rings (SSSR count). The summed E-state index contributed by atoms with van der Waals surface area (Å²) in [5, 5.41) is 3.47. The van der Waals surface area contributed by atoms with E-state index in [1.807, 2.05) is 0 Å². The van der Waals surface area contributed by atoms with Crippen molar-refractivity contribution in [1.82, 2.24) is 5.32 Å². The Bertz CT molecular complexity index is 382. The molecule has 1 saturated heterocycles. The summed E-state index contributed by atoms with van der Waals surface area (Å²) in [5.74, 6) is 0.837. The summed E-state index contributed by atoms with van der Waals surface area (Å²) < 4.78 is 0. The minimum atomic E-state index is 0.700. The van der Waals surface area contributed by atoms with E-state index in [0.29, 0.717) is 6.04 Å². The summed E-state index contributed by atoms with van der Waals surface area (Å²) in [6, 6.07) is 9.64. The third kappa shape index (κ3) is 2.19. The lowest BCUT2D eigenvalue weighted by Crippen LogP contribution is -2.41. The Labute approximate surface area is 104 Å². The van der Waals surface area contributed by atoms with Crippen molar-refractivity contribution in [3.8, 4) is 0 Å². The van der Waals surface area contributed by atoms with Gasteiger partial charge in [0.15, 0.2) is 0 Å². The summed E-state index contributed by atoms with van der Waals surface area (Å²) in [6.07, 6.45) is 3.89. The van der Waals surface area contributed by atoms with Crippen molar-refractivity contribution >= 4 is 5.69 Å². The maximum atomic E-state index is 3.47. The fraction of sp³-hybridized carbons (Fsp3) is 0.600. The molecule has 0 saturated carbocycles. The molecular formula is C15H22N2. The zero-order valence-corrected chi connectivity index (χ0v) is 10.7. The normalized spacial score (nSPS) is 28.2. The summed E-state index contributed by atoms with van der Waals surface area (Å²) >= 11 is 0. The molecule has 2 heteroatoms. The Morgan fingerprint density at radius 2 is 2.18 bits per heavy atom. The van der Waals surface area contributed by atoms with Crippen LogP contribution in [0.2, 0.25) is 0 Å². The van der Waals surface area contributed by atoms with Crippen LogP contribution in [0.1, 0.15) is 25.3 Å². The lowest BCUT2D eigenvalue weighted by molar-refractivity contribution is 0.489. The van der Waals surface area contributed by atoms with Crippen LogP contribution < -0.4 is 10.2 Å². The van der Waals surface area contributed by atoms with Gasteiger partial charge in [0.05, 0.1) is 0 Å². The molecule has 0 aliphatic carbocycles. The molecule has 0 spiro atoms. The number of fused-ring (bicyclic) bond motifs is 1. The number of nitrogens with one attached hydrogen (secondary N) is 1. The van der Waals surface area contributed by atoms with Gasteiger partial charge in [-0.15, -0.1) is 0 Å². The Hall–Kier alpha value is -1.02. The van der Waals surface area contributed by atoms with Gasteiger partial charge in [-0.25, -0.2) is 0 Å². The van der Waals surface area contributed by atoms with E-state index in [1.165, 1.54) is 50.1 Å². The van der Waals surface area contributed by atoms with Crippen LogP contribution in [0.25, 0.3) is 0 Å². The van der Waals surface area contributed by atoms with Gasteiger partial charge < -0.3 is 10.2 Å². The van der Waals surface area contributed by atoms with Gasteiger partial charge in [-0.3, -0.25) is 0 Å². The van der Waals surface area contributed by atoms with Crippen LogP contribution in [-0.4, -0.2) is 25.7 Å².